The normalized spacial score (nSPS) is 13.1. The third-order valence-electron chi connectivity index (χ3n) is 12.1. The summed E-state index contributed by atoms with van der Waals surface area (Å²) in [6.45, 7) is 0. The van der Waals surface area contributed by atoms with Crippen LogP contribution in [-0.2, 0) is 5.41 Å². The Bertz CT molecular complexity index is 3180. The van der Waals surface area contributed by atoms with Crippen molar-refractivity contribution in [2.45, 2.75) is 15.2 Å². The average molecular weight is 783 g/mol. The van der Waals surface area contributed by atoms with Crippen LogP contribution in [0.1, 0.15) is 22.3 Å². The van der Waals surface area contributed by atoms with Gasteiger partial charge in [0.1, 0.15) is 0 Å². The molecule has 280 valence electrons. The van der Waals surface area contributed by atoms with Crippen molar-refractivity contribution in [1.29, 1.82) is 0 Å². The predicted octanol–water partition coefficient (Wildman–Crippen LogP) is 13.6. The molecule has 0 atom stereocenters. The van der Waals surface area contributed by atoms with Crippen LogP contribution < -0.4 is 0 Å². The van der Waals surface area contributed by atoms with Gasteiger partial charge in [0.25, 0.3) is 0 Å². The number of hydrogen-bond acceptors (Lipinski definition) is 5. The van der Waals surface area contributed by atoms with Crippen molar-refractivity contribution < 1.29 is 0 Å². The van der Waals surface area contributed by atoms with Gasteiger partial charge in [0.2, 0.25) is 0 Å². The van der Waals surface area contributed by atoms with Crippen molar-refractivity contribution in [2.24, 2.45) is 0 Å². The van der Waals surface area contributed by atoms with E-state index in [1.54, 1.807) is 0 Å². The van der Waals surface area contributed by atoms with Crippen LogP contribution in [0.2, 0.25) is 0 Å². The Morgan fingerprint density at radius 2 is 0.833 bits per heavy atom. The van der Waals surface area contributed by atoms with Gasteiger partial charge in [-0.2, -0.15) is 0 Å². The quantitative estimate of drug-likeness (QED) is 0.174. The second-order valence-corrected chi connectivity index (χ2v) is 16.5. The highest BCUT2D eigenvalue weighted by molar-refractivity contribution is 7.99. The number of fused-ring (bicyclic) bond motifs is 10. The zero-order chi connectivity index (χ0) is 39.6. The highest BCUT2D eigenvalue weighted by atomic mass is 32.2. The van der Waals surface area contributed by atoms with Crippen molar-refractivity contribution >= 4 is 22.5 Å². The fourth-order valence-corrected chi connectivity index (χ4v) is 10.5. The molecular weight excluding hydrogens is 749 g/mol. The molecule has 0 fully saturated rings. The molecule has 60 heavy (non-hydrogen) atoms. The van der Waals surface area contributed by atoms with Crippen LogP contribution in [0.15, 0.2) is 216 Å². The SMILES string of the molecule is c1ccc(-c2nc(-c3ccccc3)nc(-c3ccc(-c4ccc5c(c4)C4(c6cc(-c7cccc8ccncc78)ccc6S5)c5ccccc5-c5ccccc54)cc3)n2)cc1. The molecule has 2 aromatic heterocycles. The van der Waals surface area contributed by atoms with Gasteiger partial charge in [-0.15, -0.1) is 0 Å². The molecule has 8 aromatic carbocycles. The van der Waals surface area contributed by atoms with Gasteiger partial charge in [0, 0.05) is 44.3 Å². The minimum absolute atomic E-state index is 0.523. The number of pyridine rings is 1. The van der Waals surface area contributed by atoms with Gasteiger partial charge >= 0.3 is 0 Å². The molecule has 10 aromatic rings. The van der Waals surface area contributed by atoms with E-state index >= 15 is 0 Å². The Hall–Kier alpha value is -7.47. The zero-order valence-corrected chi connectivity index (χ0v) is 33.1. The molecule has 0 saturated heterocycles. The third kappa shape index (κ3) is 5.40. The van der Waals surface area contributed by atoms with Crippen LogP contribution in [0.5, 0.6) is 0 Å². The van der Waals surface area contributed by atoms with Gasteiger partial charge in [-0.3, -0.25) is 4.98 Å². The second kappa shape index (κ2) is 13.8. The Balaban J connectivity index is 1.02. The lowest BCUT2D eigenvalue weighted by Gasteiger charge is -2.40. The summed E-state index contributed by atoms with van der Waals surface area (Å²) in [7, 11) is 0. The maximum Gasteiger partial charge on any atom is 0.164 e. The lowest BCUT2D eigenvalue weighted by atomic mass is 9.66. The summed E-state index contributed by atoms with van der Waals surface area (Å²) in [5.74, 6) is 1.95. The maximum absolute atomic E-state index is 4.99. The molecule has 12 rings (SSSR count). The highest BCUT2D eigenvalue weighted by Gasteiger charge is 2.50. The van der Waals surface area contributed by atoms with E-state index in [2.05, 4.69) is 138 Å². The summed E-state index contributed by atoms with van der Waals surface area (Å²) in [4.78, 5) is 21.9. The Kier molecular flexibility index (Phi) is 7.97. The molecule has 0 unspecified atom stereocenters. The first-order valence-corrected chi connectivity index (χ1v) is 21.0. The largest absolute Gasteiger partial charge is 0.264 e. The summed E-state index contributed by atoms with van der Waals surface area (Å²) in [5, 5.41) is 2.34. The smallest absolute Gasteiger partial charge is 0.164 e. The number of aromatic nitrogens is 4. The number of nitrogens with zero attached hydrogens (tertiary/aromatic N) is 4. The minimum atomic E-state index is -0.523. The summed E-state index contributed by atoms with van der Waals surface area (Å²) in [5.41, 5.74) is 14.8. The lowest BCUT2D eigenvalue weighted by Crippen LogP contribution is -2.32. The van der Waals surface area contributed by atoms with E-state index in [1.165, 1.54) is 59.7 Å². The predicted molar refractivity (Wildman–Crippen MR) is 244 cm³/mol. The van der Waals surface area contributed by atoms with Gasteiger partial charge in [0.05, 0.1) is 5.41 Å². The van der Waals surface area contributed by atoms with E-state index in [1.807, 2.05) is 84.8 Å². The summed E-state index contributed by atoms with van der Waals surface area (Å²) in [6.07, 6.45) is 3.86. The van der Waals surface area contributed by atoms with Gasteiger partial charge in [-0.05, 0) is 91.4 Å². The van der Waals surface area contributed by atoms with Crippen LogP contribution >= 0.6 is 11.8 Å². The summed E-state index contributed by atoms with van der Waals surface area (Å²) in [6, 6.07) is 69.7. The molecule has 5 heteroatoms. The number of benzene rings is 8. The van der Waals surface area contributed by atoms with Crippen molar-refractivity contribution in [3.8, 4) is 67.5 Å². The fraction of sp³-hybridized carbons (Fsp3) is 0.0182. The van der Waals surface area contributed by atoms with Crippen molar-refractivity contribution in [3.63, 3.8) is 0 Å². The van der Waals surface area contributed by atoms with Crippen molar-refractivity contribution in [1.82, 2.24) is 19.9 Å². The molecule has 1 aliphatic carbocycles. The van der Waals surface area contributed by atoms with E-state index in [0.29, 0.717) is 17.5 Å². The topological polar surface area (TPSA) is 51.6 Å². The van der Waals surface area contributed by atoms with Crippen LogP contribution in [0, 0.1) is 0 Å². The van der Waals surface area contributed by atoms with Crippen molar-refractivity contribution in [2.75, 3.05) is 0 Å². The Morgan fingerprint density at radius 1 is 0.350 bits per heavy atom. The average Bonchev–Trinajstić information content (AvgIpc) is 3.62. The molecule has 1 aliphatic heterocycles. The van der Waals surface area contributed by atoms with Gasteiger partial charge in [-0.25, -0.2) is 15.0 Å². The third-order valence-corrected chi connectivity index (χ3v) is 13.3. The molecule has 1 spiro atoms. The first-order valence-electron chi connectivity index (χ1n) is 20.2. The molecule has 2 aliphatic rings. The molecule has 0 amide bonds. The lowest BCUT2D eigenvalue weighted by molar-refractivity contribution is 0.723. The zero-order valence-electron chi connectivity index (χ0n) is 32.3. The van der Waals surface area contributed by atoms with Crippen LogP contribution in [0.3, 0.4) is 0 Å². The van der Waals surface area contributed by atoms with Crippen LogP contribution in [-0.4, -0.2) is 19.9 Å². The molecule has 0 N–H and O–H groups in total. The number of rotatable bonds is 5. The minimum Gasteiger partial charge on any atom is -0.264 e. The number of hydrogen-bond donors (Lipinski definition) is 0. The summed E-state index contributed by atoms with van der Waals surface area (Å²) < 4.78 is 0. The van der Waals surface area contributed by atoms with Gasteiger partial charge in [-0.1, -0.05) is 176 Å². The van der Waals surface area contributed by atoms with E-state index in [9.17, 15) is 0 Å². The Labute approximate surface area is 352 Å². The highest BCUT2D eigenvalue weighted by Crippen LogP contribution is 2.63. The van der Waals surface area contributed by atoms with Gasteiger partial charge in [0.15, 0.2) is 17.5 Å². The van der Waals surface area contributed by atoms with E-state index in [-0.39, 0.29) is 0 Å². The molecular formula is C55H34N4S. The molecule has 0 radical (unpaired) electrons. The molecule has 3 heterocycles. The first-order chi connectivity index (χ1) is 29.7. The monoisotopic (exact) mass is 782 g/mol. The maximum atomic E-state index is 4.99. The van der Waals surface area contributed by atoms with E-state index in [0.717, 1.165) is 33.2 Å². The van der Waals surface area contributed by atoms with Crippen molar-refractivity contribution in [3.05, 3.63) is 229 Å². The van der Waals surface area contributed by atoms with E-state index < -0.39 is 5.41 Å². The van der Waals surface area contributed by atoms with Gasteiger partial charge < -0.3 is 0 Å². The van der Waals surface area contributed by atoms with E-state index in [4.69, 9.17) is 15.0 Å². The second-order valence-electron chi connectivity index (χ2n) is 15.4. The van der Waals surface area contributed by atoms with Crippen LogP contribution in [0.4, 0.5) is 0 Å². The molecule has 0 saturated carbocycles. The first kappa shape index (κ1) is 34.6. The fourth-order valence-electron chi connectivity index (χ4n) is 9.36. The Morgan fingerprint density at radius 3 is 1.45 bits per heavy atom. The molecule has 0 bridgehead atoms. The standard InChI is InChI=1S/C55H34N4S/c1-3-12-37(13-4-1)52-57-53(38-14-5-2-6-15-38)59-54(58-52)39-24-22-35(23-25-39)40-26-28-50-48(32-40)55(46-20-9-7-17-43(46)44-18-8-10-21-47(44)55)49-33-41(27-29-51(49)60-50)42-19-11-16-36-30-31-56-34-45(36)42/h1-34H. The van der Waals surface area contributed by atoms with Crippen LogP contribution in [0.25, 0.3) is 78.3 Å². The summed E-state index contributed by atoms with van der Waals surface area (Å²) >= 11 is 1.87. The molecule has 4 nitrogen and oxygen atoms in total.